The predicted octanol–water partition coefficient (Wildman–Crippen LogP) is 6.85. The minimum absolute atomic E-state index is 0.0534. The van der Waals surface area contributed by atoms with Gasteiger partial charge in [-0.2, -0.15) is 5.26 Å². The van der Waals surface area contributed by atoms with Crippen LogP contribution in [0.15, 0.2) is 126 Å². The van der Waals surface area contributed by atoms with Gasteiger partial charge in [-0.15, -0.1) is 10.2 Å². The fourth-order valence-corrected chi connectivity index (χ4v) is 10.5. The van der Waals surface area contributed by atoms with Gasteiger partial charge in [0.2, 0.25) is 17.6 Å². The average Bonchev–Trinajstić information content (AvgIpc) is 3.62. The summed E-state index contributed by atoms with van der Waals surface area (Å²) in [6.45, 7) is 2.86. The lowest BCUT2D eigenvalue weighted by Crippen LogP contribution is -2.62. The molecule has 0 bridgehead atoms. The number of amides is 1. The van der Waals surface area contributed by atoms with E-state index in [1.54, 1.807) is 0 Å². The van der Waals surface area contributed by atoms with E-state index in [0.29, 0.717) is 12.8 Å². The molecule has 1 amide bonds. The van der Waals surface area contributed by atoms with Gasteiger partial charge in [0.15, 0.2) is 0 Å². The monoisotopic (exact) mass is 672 g/mol. The highest BCUT2D eigenvalue weighted by atomic mass is 31.2. The van der Waals surface area contributed by atoms with Gasteiger partial charge in [-0.3, -0.25) is 4.79 Å². The van der Waals surface area contributed by atoms with Crippen LogP contribution in [0.5, 0.6) is 0 Å². The molecule has 1 N–H and O–H groups in total. The number of benzene rings is 4. The average molecular weight is 673 g/mol. The molecule has 250 valence electrons. The van der Waals surface area contributed by atoms with Crippen molar-refractivity contribution in [3.05, 3.63) is 127 Å². The summed E-state index contributed by atoms with van der Waals surface area (Å²) in [6, 6.07) is 40.9. The number of ketones is 1. The molecular formula is C40H41N4O4P. The second kappa shape index (κ2) is 16.2. The van der Waals surface area contributed by atoms with Crippen molar-refractivity contribution in [2.75, 3.05) is 6.61 Å². The summed E-state index contributed by atoms with van der Waals surface area (Å²) in [5.41, 5.74) is -0.947. The molecule has 4 aromatic carbocycles. The van der Waals surface area contributed by atoms with Crippen molar-refractivity contribution in [3.63, 3.8) is 0 Å². The van der Waals surface area contributed by atoms with Gasteiger partial charge in [-0.25, -0.2) is 4.79 Å². The SMILES string of the molecule is CCCOC(=O)N[C@@](Cc1nnc(-c2ccccc2)o1)(C(=O)C(C#N)=P(c1ccccc1)(c1ccccc1)c1ccccc1)C(C)CCC. The van der Waals surface area contributed by atoms with Gasteiger partial charge in [0.1, 0.15) is 16.9 Å². The summed E-state index contributed by atoms with van der Waals surface area (Å²) < 4.78 is 11.7. The molecule has 1 unspecified atom stereocenters. The molecule has 49 heavy (non-hydrogen) atoms. The van der Waals surface area contributed by atoms with Crippen LogP contribution in [0.4, 0.5) is 4.79 Å². The van der Waals surface area contributed by atoms with Crippen molar-refractivity contribution in [1.29, 1.82) is 5.26 Å². The smallest absolute Gasteiger partial charge is 0.407 e. The highest BCUT2D eigenvalue weighted by Crippen LogP contribution is 2.47. The lowest BCUT2D eigenvalue weighted by Gasteiger charge is -2.39. The van der Waals surface area contributed by atoms with Crippen LogP contribution in [0.1, 0.15) is 45.9 Å². The summed E-state index contributed by atoms with van der Waals surface area (Å²) >= 11 is 0. The number of carbonyl (C=O) groups excluding carboxylic acids is 2. The Labute approximate surface area is 288 Å². The molecule has 0 saturated carbocycles. The molecular weight excluding hydrogens is 631 g/mol. The van der Waals surface area contributed by atoms with Gasteiger partial charge >= 0.3 is 6.09 Å². The maximum atomic E-state index is 15.8. The fourth-order valence-electron chi connectivity index (χ4n) is 6.33. The van der Waals surface area contributed by atoms with E-state index in [-0.39, 0.29) is 30.1 Å². The number of ether oxygens (including phenoxy) is 1. The first-order valence-corrected chi connectivity index (χ1v) is 18.4. The molecule has 2 atom stereocenters. The standard InChI is InChI=1S/C40H41N4O4P/c1-4-18-30(3)40(42-39(46)47-27-5-2,28-36-43-44-38(48-36)31-19-10-6-11-20-31)37(45)35(29-41)49(32-21-12-7-13-22-32,33-23-14-8-15-24-33)34-25-16-9-17-26-34/h6-17,19-26,30H,4-5,18,27-28H2,1-3H3,(H,42,46)/t30?,40-/m1/s1. The minimum Gasteiger partial charge on any atom is -0.450 e. The molecule has 0 saturated heterocycles. The third kappa shape index (κ3) is 7.28. The number of hydrogen-bond donors (Lipinski definition) is 1. The molecule has 0 radical (unpaired) electrons. The third-order valence-corrected chi connectivity index (χ3v) is 12.9. The van der Waals surface area contributed by atoms with Crippen LogP contribution >= 0.6 is 6.89 Å². The second-order valence-electron chi connectivity index (χ2n) is 11.9. The summed E-state index contributed by atoms with van der Waals surface area (Å²) in [7, 11) is 0. The van der Waals surface area contributed by atoms with Crippen molar-refractivity contribution in [3.8, 4) is 17.5 Å². The molecule has 8 nitrogen and oxygen atoms in total. The van der Waals surface area contributed by atoms with Gasteiger partial charge in [-0.05, 0) is 53.7 Å². The van der Waals surface area contributed by atoms with Gasteiger partial charge in [0, 0.05) is 5.56 Å². The Morgan fingerprint density at radius 2 is 1.33 bits per heavy atom. The molecule has 0 aliphatic carbocycles. The predicted molar refractivity (Wildman–Crippen MR) is 196 cm³/mol. The largest absolute Gasteiger partial charge is 0.450 e. The number of rotatable bonds is 14. The highest BCUT2D eigenvalue weighted by molar-refractivity contribution is 7.97. The Morgan fingerprint density at radius 1 is 0.816 bits per heavy atom. The molecule has 1 aromatic heterocycles. The Balaban J connectivity index is 1.85. The zero-order chi connectivity index (χ0) is 34.7. The number of carbonyl (C=O) groups is 2. The van der Waals surface area contributed by atoms with Gasteiger partial charge in [-0.1, -0.05) is 136 Å². The number of alkyl carbamates (subject to hydrolysis) is 1. The van der Waals surface area contributed by atoms with Crippen LogP contribution in [0.3, 0.4) is 0 Å². The van der Waals surface area contributed by atoms with E-state index in [2.05, 4.69) is 21.6 Å². The molecule has 1 heterocycles. The van der Waals surface area contributed by atoms with E-state index in [9.17, 15) is 10.1 Å². The number of hydrogen-bond acceptors (Lipinski definition) is 7. The number of aromatic nitrogens is 2. The van der Waals surface area contributed by atoms with Crippen molar-refractivity contribution < 1.29 is 18.7 Å². The first-order chi connectivity index (χ1) is 23.9. The Hall–Kier alpha value is -5.25. The van der Waals surface area contributed by atoms with Crippen LogP contribution in [0.2, 0.25) is 0 Å². The molecule has 0 fully saturated rings. The molecule has 5 aromatic rings. The Morgan fingerprint density at radius 3 is 1.80 bits per heavy atom. The highest BCUT2D eigenvalue weighted by Gasteiger charge is 2.50. The summed E-state index contributed by atoms with van der Waals surface area (Å²) in [5.74, 6) is -0.517. The zero-order valence-corrected chi connectivity index (χ0v) is 29.0. The molecule has 0 aliphatic heterocycles. The first-order valence-electron chi connectivity index (χ1n) is 16.6. The Kier molecular flexibility index (Phi) is 11.6. The van der Waals surface area contributed by atoms with E-state index >= 15 is 4.79 Å². The van der Waals surface area contributed by atoms with Crippen LogP contribution in [-0.4, -0.2) is 39.5 Å². The van der Waals surface area contributed by atoms with E-state index in [0.717, 1.165) is 27.9 Å². The molecule has 0 spiro atoms. The number of nitrogens with one attached hydrogen (secondary N) is 1. The van der Waals surface area contributed by atoms with Crippen molar-refractivity contribution >= 4 is 40.0 Å². The second-order valence-corrected chi connectivity index (χ2v) is 15.3. The van der Waals surface area contributed by atoms with Crippen molar-refractivity contribution in [2.45, 2.75) is 52.0 Å². The van der Waals surface area contributed by atoms with E-state index in [1.807, 2.05) is 142 Å². The van der Waals surface area contributed by atoms with Crippen LogP contribution in [0.25, 0.3) is 11.5 Å². The maximum Gasteiger partial charge on any atom is 0.407 e. The Bertz CT molecular complexity index is 1840. The number of nitriles is 1. The molecule has 9 heteroatoms. The van der Waals surface area contributed by atoms with Crippen LogP contribution < -0.4 is 21.2 Å². The zero-order valence-electron chi connectivity index (χ0n) is 28.1. The molecule has 5 rings (SSSR count). The maximum absolute atomic E-state index is 15.8. The van der Waals surface area contributed by atoms with Gasteiger partial charge in [0.25, 0.3) is 0 Å². The molecule has 0 aliphatic rings. The third-order valence-electron chi connectivity index (χ3n) is 8.74. The van der Waals surface area contributed by atoms with Crippen LogP contribution in [-0.2, 0) is 16.0 Å². The van der Waals surface area contributed by atoms with Crippen molar-refractivity contribution in [1.82, 2.24) is 15.5 Å². The van der Waals surface area contributed by atoms with E-state index in [4.69, 9.17) is 9.15 Å². The summed E-state index contributed by atoms with van der Waals surface area (Å²) in [5, 5.41) is 25.5. The van der Waals surface area contributed by atoms with Gasteiger partial charge < -0.3 is 14.5 Å². The van der Waals surface area contributed by atoms with E-state index in [1.165, 1.54) is 0 Å². The van der Waals surface area contributed by atoms with Crippen LogP contribution in [0, 0.1) is 17.2 Å². The number of Topliss-reactive ketones (excluding diaryl/α,β-unsaturated/α-hetero) is 1. The topological polar surface area (TPSA) is 118 Å². The van der Waals surface area contributed by atoms with Crippen molar-refractivity contribution in [2.24, 2.45) is 5.92 Å². The number of nitrogens with zero attached hydrogens (tertiary/aromatic N) is 3. The normalized spacial score (nSPS) is 13.0. The lowest BCUT2D eigenvalue weighted by molar-refractivity contribution is -0.120. The first kappa shape index (κ1) is 35.1. The summed E-state index contributed by atoms with van der Waals surface area (Å²) in [4.78, 5) is 29.4. The summed E-state index contributed by atoms with van der Waals surface area (Å²) in [6.07, 6.45) is 0.993. The van der Waals surface area contributed by atoms with E-state index < -0.39 is 30.2 Å². The lowest BCUT2D eigenvalue weighted by atomic mass is 9.75. The van der Waals surface area contributed by atoms with Gasteiger partial charge in [0.05, 0.1) is 13.0 Å². The quantitative estimate of drug-likeness (QED) is 0.128. The fraction of sp³-hybridized carbons (Fsp3) is 0.250. The minimum atomic E-state index is -3.14.